The van der Waals surface area contributed by atoms with E-state index in [1.54, 1.807) is 24.3 Å². The molecule has 0 heterocycles. The van der Waals surface area contributed by atoms with Gasteiger partial charge < -0.3 is 5.32 Å². The molecule has 0 aromatic heterocycles. The van der Waals surface area contributed by atoms with Gasteiger partial charge in [-0.05, 0) is 37.0 Å². The average molecular weight is 320 g/mol. The molecule has 1 aliphatic rings. The molecule has 2 N–H and O–H groups in total. The highest BCUT2D eigenvalue weighted by molar-refractivity contribution is 7.89. The first-order valence-electron chi connectivity index (χ1n) is 7.32. The highest BCUT2D eigenvalue weighted by Crippen LogP contribution is 2.25. The van der Waals surface area contributed by atoms with Crippen molar-refractivity contribution in [3.8, 4) is 12.3 Å². The Balaban J connectivity index is 1.82. The van der Waals surface area contributed by atoms with Crippen LogP contribution in [0, 0.1) is 18.3 Å². The van der Waals surface area contributed by atoms with Crippen molar-refractivity contribution in [1.29, 1.82) is 0 Å². The Kier molecular flexibility index (Phi) is 5.58. The van der Waals surface area contributed by atoms with E-state index in [4.69, 9.17) is 6.42 Å². The van der Waals surface area contributed by atoms with Crippen LogP contribution in [0.3, 0.4) is 0 Å². The van der Waals surface area contributed by atoms with Crippen LogP contribution in [0.5, 0.6) is 0 Å². The number of amides is 1. The van der Waals surface area contributed by atoms with Gasteiger partial charge in [-0.2, -0.15) is 0 Å². The van der Waals surface area contributed by atoms with Crippen LogP contribution < -0.4 is 10.0 Å². The van der Waals surface area contributed by atoms with E-state index in [1.165, 1.54) is 0 Å². The summed E-state index contributed by atoms with van der Waals surface area (Å²) in [5, 5.41) is 2.62. The third kappa shape index (κ3) is 5.17. The first kappa shape index (κ1) is 16.5. The molecule has 22 heavy (non-hydrogen) atoms. The molecule has 1 aromatic rings. The summed E-state index contributed by atoms with van der Waals surface area (Å²) in [7, 11) is -3.41. The van der Waals surface area contributed by atoms with Crippen molar-refractivity contribution in [2.45, 2.75) is 25.7 Å². The number of carbonyl (C=O) groups is 1. The third-order valence-corrected chi connectivity index (χ3v) is 5.19. The highest BCUT2D eigenvalue weighted by atomic mass is 32.2. The second-order valence-corrected chi connectivity index (χ2v) is 7.38. The minimum Gasteiger partial charge on any atom is -0.325 e. The number of anilines is 1. The van der Waals surface area contributed by atoms with Gasteiger partial charge in [0.25, 0.3) is 0 Å². The van der Waals surface area contributed by atoms with Crippen LogP contribution in [0.2, 0.25) is 0 Å². The second kappa shape index (κ2) is 7.43. The zero-order valence-electron chi connectivity index (χ0n) is 12.3. The molecule has 1 fully saturated rings. The standard InChI is InChI=1S/C16H20N2O3S/c1-2-13-8-5-9-15(10-13)18-16(19)11-17-22(20,21)12-14-6-3-4-7-14/h1,5,8-10,14,17H,3-4,6-7,11-12H2,(H,18,19). The van der Waals surface area contributed by atoms with E-state index in [1.807, 2.05) is 0 Å². The number of carbonyl (C=O) groups excluding carboxylic acids is 1. The molecular weight excluding hydrogens is 300 g/mol. The predicted octanol–water partition coefficient (Wildman–Crippen LogP) is 1.72. The van der Waals surface area contributed by atoms with Crippen LogP contribution in [-0.2, 0) is 14.8 Å². The molecule has 118 valence electrons. The van der Waals surface area contributed by atoms with Crippen LogP contribution in [0.4, 0.5) is 5.69 Å². The van der Waals surface area contributed by atoms with Gasteiger partial charge in [0.05, 0.1) is 12.3 Å². The number of sulfonamides is 1. The van der Waals surface area contributed by atoms with Crippen LogP contribution in [0.25, 0.3) is 0 Å². The number of hydrogen-bond acceptors (Lipinski definition) is 3. The lowest BCUT2D eigenvalue weighted by atomic mass is 10.1. The van der Waals surface area contributed by atoms with E-state index in [-0.39, 0.29) is 18.2 Å². The van der Waals surface area contributed by atoms with Crippen molar-refractivity contribution in [3.63, 3.8) is 0 Å². The van der Waals surface area contributed by atoms with Crippen molar-refractivity contribution in [3.05, 3.63) is 29.8 Å². The molecule has 1 aromatic carbocycles. The van der Waals surface area contributed by atoms with Crippen molar-refractivity contribution in [1.82, 2.24) is 4.72 Å². The summed E-state index contributed by atoms with van der Waals surface area (Å²) in [5.41, 5.74) is 1.20. The fraction of sp³-hybridized carbons (Fsp3) is 0.438. The minimum atomic E-state index is -3.41. The van der Waals surface area contributed by atoms with E-state index in [2.05, 4.69) is 16.0 Å². The van der Waals surface area contributed by atoms with Gasteiger partial charge in [0.1, 0.15) is 0 Å². The fourth-order valence-electron chi connectivity index (χ4n) is 2.61. The van der Waals surface area contributed by atoms with Gasteiger partial charge in [-0.25, -0.2) is 13.1 Å². The quantitative estimate of drug-likeness (QED) is 0.784. The van der Waals surface area contributed by atoms with Crippen LogP contribution in [0.1, 0.15) is 31.2 Å². The average Bonchev–Trinajstić information content (AvgIpc) is 2.98. The number of hydrogen-bond donors (Lipinski definition) is 2. The summed E-state index contributed by atoms with van der Waals surface area (Å²) in [6.07, 6.45) is 9.37. The summed E-state index contributed by atoms with van der Waals surface area (Å²) in [6, 6.07) is 6.84. The molecule has 1 saturated carbocycles. The summed E-state index contributed by atoms with van der Waals surface area (Å²) < 4.78 is 26.2. The maximum atomic E-state index is 11.9. The van der Waals surface area contributed by atoms with Gasteiger partial charge >= 0.3 is 0 Å². The molecule has 2 rings (SSSR count). The van der Waals surface area contributed by atoms with Gasteiger partial charge in [0.2, 0.25) is 15.9 Å². The van der Waals surface area contributed by atoms with Crippen molar-refractivity contribution < 1.29 is 13.2 Å². The molecule has 0 spiro atoms. The molecule has 0 atom stereocenters. The zero-order chi connectivity index (χ0) is 16.0. The van der Waals surface area contributed by atoms with Crippen molar-refractivity contribution in [2.24, 2.45) is 5.92 Å². The topological polar surface area (TPSA) is 75.3 Å². The Morgan fingerprint density at radius 3 is 2.73 bits per heavy atom. The van der Waals surface area contributed by atoms with Gasteiger partial charge in [-0.3, -0.25) is 4.79 Å². The molecule has 0 unspecified atom stereocenters. The normalized spacial score (nSPS) is 15.4. The van der Waals surface area contributed by atoms with E-state index >= 15 is 0 Å². The molecular formula is C16H20N2O3S. The Morgan fingerprint density at radius 1 is 1.32 bits per heavy atom. The first-order valence-corrected chi connectivity index (χ1v) is 8.97. The van der Waals surface area contributed by atoms with E-state index in [0.717, 1.165) is 25.7 Å². The number of nitrogens with one attached hydrogen (secondary N) is 2. The first-order chi connectivity index (χ1) is 10.5. The third-order valence-electron chi connectivity index (χ3n) is 3.70. The van der Waals surface area contributed by atoms with Crippen LogP contribution in [-0.4, -0.2) is 26.6 Å². The fourth-order valence-corrected chi connectivity index (χ4v) is 4.04. The number of rotatable bonds is 6. The zero-order valence-corrected chi connectivity index (χ0v) is 13.2. The number of terminal acetylenes is 1. The Labute approximate surface area is 131 Å². The van der Waals surface area contributed by atoms with Gasteiger partial charge in [0, 0.05) is 11.3 Å². The van der Waals surface area contributed by atoms with Crippen LogP contribution in [0.15, 0.2) is 24.3 Å². The molecule has 6 heteroatoms. The molecule has 0 bridgehead atoms. The van der Waals surface area contributed by atoms with Crippen molar-refractivity contribution in [2.75, 3.05) is 17.6 Å². The molecule has 0 saturated heterocycles. The highest BCUT2D eigenvalue weighted by Gasteiger charge is 2.22. The monoisotopic (exact) mass is 320 g/mol. The summed E-state index contributed by atoms with van der Waals surface area (Å²) in [6.45, 7) is -0.269. The lowest BCUT2D eigenvalue weighted by Crippen LogP contribution is -2.35. The Bertz CT molecular complexity index is 671. The van der Waals surface area contributed by atoms with Crippen molar-refractivity contribution >= 4 is 21.6 Å². The summed E-state index contributed by atoms with van der Waals surface area (Å²) in [5.74, 6) is 2.38. The Hall–Kier alpha value is -1.84. The molecule has 0 radical (unpaired) electrons. The van der Waals surface area contributed by atoms with E-state index in [9.17, 15) is 13.2 Å². The largest absolute Gasteiger partial charge is 0.325 e. The minimum absolute atomic E-state index is 0.104. The Morgan fingerprint density at radius 2 is 2.05 bits per heavy atom. The number of benzene rings is 1. The van der Waals surface area contributed by atoms with Gasteiger partial charge in [-0.1, -0.05) is 24.8 Å². The van der Waals surface area contributed by atoms with E-state index in [0.29, 0.717) is 11.3 Å². The van der Waals surface area contributed by atoms with Crippen LogP contribution >= 0.6 is 0 Å². The van der Waals surface area contributed by atoms with Gasteiger partial charge in [0.15, 0.2) is 0 Å². The lowest BCUT2D eigenvalue weighted by molar-refractivity contribution is -0.115. The maximum absolute atomic E-state index is 11.9. The summed E-state index contributed by atoms with van der Waals surface area (Å²) in [4.78, 5) is 11.8. The van der Waals surface area contributed by atoms with E-state index < -0.39 is 15.9 Å². The summed E-state index contributed by atoms with van der Waals surface area (Å²) >= 11 is 0. The molecule has 1 aliphatic carbocycles. The molecule has 1 amide bonds. The second-order valence-electron chi connectivity index (χ2n) is 5.53. The molecule has 5 nitrogen and oxygen atoms in total. The SMILES string of the molecule is C#Cc1cccc(NC(=O)CNS(=O)(=O)CC2CCCC2)c1. The molecule has 0 aliphatic heterocycles. The predicted molar refractivity (Wildman–Crippen MR) is 86.8 cm³/mol. The maximum Gasteiger partial charge on any atom is 0.239 e. The van der Waals surface area contributed by atoms with Gasteiger partial charge in [-0.15, -0.1) is 6.42 Å². The lowest BCUT2D eigenvalue weighted by Gasteiger charge is -2.11. The smallest absolute Gasteiger partial charge is 0.239 e.